The summed E-state index contributed by atoms with van der Waals surface area (Å²) in [6, 6.07) is 7.43. The first-order valence-corrected chi connectivity index (χ1v) is 13.1. The van der Waals surface area contributed by atoms with E-state index in [-0.39, 0.29) is 11.9 Å². The van der Waals surface area contributed by atoms with Gasteiger partial charge in [-0.25, -0.2) is 4.39 Å². The van der Waals surface area contributed by atoms with Gasteiger partial charge in [-0.15, -0.1) is 11.8 Å². The van der Waals surface area contributed by atoms with E-state index < -0.39 is 0 Å². The Balaban J connectivity index is 1.24. The number of nitrogens with zero attached hydrogens (tertiary/aromatic N) is 2. The molecule has 6 fully saturated rings. The molecular weight excluding hydrogens is 411 g/mol. The summed E-state index contributed by atoms with van der Waals surface area (Å²) in [5, 5.41) is 0.387. The molecule has 0 N–H and O–H groups in total. The van der Waals surface area contributed by atoms with E-state index in [0.29, 0.717) is 30.4 Å². The highest BCUT2D eigenvalue weighted by atomic mass is 32.2. The van der Waals surface area contributed by atoms with Gasteiger partial charge in [0.25, 0.3) is 0 Å². The van der Waals surface area contributed by atoms with Gasteiger partial charge in [-0.1, -0.05) is 0 Å². The summed E-state index contributed by atoms with van der Waals surface area (Å²) in [4.78, 5) is 19.5. The van der Waals surface area contributed by atoms with Crippen LogP contribution in [0, 0.1) is 29.5 Å². The molecule has 2 heterocycles. The van der Waals surface area contributed by atoms with Gasteiger partial charge in [0.15, 0.2) is 0 Å². The molecule has 1 aromatic carbocycles. The van der Waals surface area contributed by atoms with Gasteiger partial charge < -0.3 is 9.64 Å². The lowest BCUT2D eigenvalue weighted by atomic mass is 9.54. The molecule has 168 valence electrons. The Hall–Kier alpha value is -1.11. The predicted molar refractivity (Wildman–Crippen MR) is 119 cm³/mol. The van der Waals surface area contributed by atoms with E-state index in [1.54, 1.807) is 12.1 Å². The minimum absolute atomic E-state index is 0.00132. The molecule has 4 aliphatic carbocycles. The van der Waals surface area contributed by atoms with Gasteiger partial charge in [-0.2, -0.15) is 0 Å². The number of thioether (sulfide) groups is 1. The van der Waals surface area contributed by atoms with E-state index in [2.05, 4.69) is 4.90 Å². The summed E-state index contributed by atoms with van der Waals surface area (Å²) in [5.41, 5.74) is 0. The standard InChI is InChI=1S/C25H33FN2O2S/c26-20-1-3-21(4-2-20)31-22-14-23(25(29)27-5-7-30-8-6-27)28(15-22)24-18-10-16-9-17(12-18)13-19(24)11-16/h1-4,16-19,22-24H,5-15H2/t16?,17?,18?,19?,22-,23-,24?/m0/s1. The number of ether oxygens (including phenoxy) is 1. The summed E-state index contributed by atoms with van der Waals surface area (Å²) in [6.45, 7) is 3.74. The number of morpholine rings is 1. The molecule has 2 atom stereocenters. The number of hydrogen-bond acceptors (Lipinski definition) is 4. The first-order chi connectivity index (χ1) is 15.1. The third-order valence-corrected chi connectivity index (χ3v) is 9.80. The van der Waals surface area contributed by atoms with Crippen molar-refractivity contribution in [2.24, 2.45) is 23.7 Å². The molecule has 6 aliphatic rings. The van der Waals surface area contributed by atoms with E-state index >= 15 is 0 Å². The molecule has 1 amide bonds. The molecule has 0 spiro atoms. The van der Waals surface area contributed by atoms with Crippen LogP contribution in [0.15, 0.2) is 29.2 Å². The molecular formula is C25H33FN2O2S. The molecule has 7 rings (SSSR count). The van der Waals surface area contributed by atoms with Crippen LogP contribution < -0.4 is 0 Å². The van der Waals surface area contributed by atoms with E-state index in [0.717, 1.165) is 54.6 Å². The average Bonchev–Trinajstić information content (AvgIpc) is 3.18. The van der Waals surface area contributed by atoms with Crippen LogP contribution in [0.2, 0.25) is 0 Å². The van der Waals surface area contributed by atoms with Crippen molar-refractivity contribution in [2.45, 2.75) is 60.8 Å². The molecule has 4 saturated carbocycles. The predicted octanol–water partition coefficient (Wildman–Crippen LogP) is 4.04. The Morgan fingerprint density at radius 3 is 2.23 bits per heavy atom. The highest BCUT2D eigenvalue weighted by molar-refractivity contribution is 8.00. The maximum absolute atomic E-state index is 13.7. The van der Waals surface area contributed by atoms with Crippen molar-refractivity contribution in [1.82, 2.24) is 9.80 Å². The van der Waals surface area contributed by atoms with Gasteiger partial charge in [0, 0.05) is 35.8 Å². The molecule has 0 radical (unpaired) electrons. The zero-order valence-corrected chi connectivity index (χ0v) is 18.9. The summed E-state index contributed by atoms with van der Waals surface area (Å²) < 4.78 is 18.9. The van der Waals surface area contributed by atoms with Crippen LogP contribution in [0.4, 0.5) is 4.39 Å². The van der Waals surface area contributed by atoms with Crippen molar-refractivity contribution < 1.29 is 13.9 Å². The minimum Gasteiger partial charge on any atom is -0.378 e. The van der Waals surface area contributed by atoms with Crippen molar-refractivity contribution in [2.75, 3.05) is 32.8 Å². The molecule has 6 heteroatoms. The van der Waals surface area contributed by atoms with Crippen molar-refractivity contribution in [3.8, 4) is 0 Å². The molecule has 1 aromatic rings. The van der Waals surface area contributed by atoms with E-state index in [9.17, 15) is 9.18 Å². The number of likely N-dealkylation sites (tertiary alicyclic amines) is 1. The molecule has 4 nitrogen and oxygen atoms in total. The summed E-state index contributed by atoms with van der Waals surface area (Å²) in [5.74, 6) is 3.58. The van der Waals surface area contributed by atoms with E-state index in [1.165, 1.54) is 32.1 Å². The number of hydrogen-bond donors (Lipinski definition) is 0. The Morgan fingerprint density at radius 2 is 1.58 bits per heavy atom. The molecule has 31 heavy (non-hydrogen) atoms. The van der Waals surface area contributed by atoms with Gasteiger partial charge in [0.05, 0.1) is 19.3 Å². The molecule has 4 bridgehead atoms. The van der Waals surface area contributed by atoms with Gasteiger partial charge in [-0.3, -0.25) is 9.69 Å². The summed E-state index contributed by atoms with van der Waals surface area (Å²) >= 11 is 1.83. The van der Waals surface area contributed by atoms with Crippen molar-refractivity contribution in [3.05, 3.63) is 30.1 Å². The topological polar surface area (TPSA) is 32.8 Å². The zero-order chi connectivity index (χ0) is 20.9. The smallest absolute Gasteiger partial charge is 0.240 e. The maximum atomic E-state index is 13.7. The first-order valence-electron chi connectivity index (χ1n) is 12.2. The Kier molecular flexibility index (Phi) is 5.52. The fourth-order valence-electron chi connectivity index (χ4n) is 7.62. The first kappa shape index (κ1) is 20.5. The van der Waals surface area contributed by atoms with Crippen LogP contribution in [-0.2, 0) is 9.53 Å². The third-order valence-electron chi connectivity index (χ3n) is 8.59. The van der Waals surface area contributed by atoms with Gasteiger partial charge in [-0.05, 0) is 86.5 Å². The van der Waals surface area contributed by atoms with Crippen molar-refractivity contribution in [1.29, 1.82) is 0 Å². The highest BCUT2D eigenvalue weighted by Crippen LogP contribution is 2.56. The Morgan fingerprint density at radius 1 is 0.935 bits per heavy atom. The Bertz CT molecular complexity index is 784. The number of carbonyl (C=O) groups excluding carboxylic acids is 1. The zero-order valence-electron chi connectivity index (χ0n) is 18.1. The number of halogens is 1. The van der Waals surface area contributed by atoms with Gasteiger partial charge in [0.1, 0.15) is 5.82 Å². The van der Waals surface area contributed by atoms with Crippen LogP contribution in [0.1, 0.15) is 38.5 Å². The van der Waals surface area contributed by atoms with Crippen LogP contribution in [0.5, 0.6) is 0 Å². The number of amides is 1. The third kappa shape index (κ3) is 3.93. The molecule has 0 unspecified atom stereocenters. The van der Waals surface area contributed by atoms with Gasteiger partial charge in [0.2, 0.25) is 5.91 Å². The van der Waals surface area contributed by atoms with Crippen LogP contribution in [0.25, 0.3) is 0 Å². The molecule has 2 aliphatic heterocycles. The molecule has 0 aromatic heterocycles. The van der Waals surface area contributed by atoms with Crippen molar-refractivity contribution in [3.63, 3.8) is 0 Å². The maximum Gasteiger partial charge on any atom is 0.240 e. The lowest BCUT2D eigenvalue weighted by Crippen LogP contribution is -2.60. The number of rotatable bonds is 4. The normalized spacial score (nSPS) is 39.9. The van der Waals surface area contributed by atoms with E-state index in [4.69, 9.17) is 4.74 Å². The van der Waals surface area contributed by atoms with Crippen LogP contribution in [0.3, 0.4) is 0 Å². The minimum atomic E-state index is -0.189. The van der Waals surface area contributed by atoms with Crippen LogP contribution >= 0.6 is 11.8 Å². The largest absolute Gasteiger partial charge is 0.378 e. The van der Waals surface area contributed by atoms with Crippen molar-refractivity contribution >= 4 is 17.7 Å². The van der Waals surface area contributed by atoms with E-state index in [1.807, 2.05) is 28.8 Å². The number of carbonyl (C=O) groups is 1. The summed E-state index contributed by atoms with van der Waals surface area (Å²) in [6.07, 6.45) is 7.87. The monoisotopic (exact) mass is 444 g/mol. The second-order valence-electron chi connectivity index (χ2n) is 10.5. The lowest BCUT2D eigenvalue weighted by molar-refractivity contribution is -0.144. The van der Waals surface area contributed by atoms with Gasteiger partial charge >= 0.3 is 0 Å². The Labute approximate surface area is 188 Å². The second kappa shape index (κ2) is 8.35. The second-order valence-corrected chi connectivity index (χ2v) is 11.9. The molecule has 2 saturated heterocycles. The summed E-state index contributed by atoms with van der Waals surface area (Å²) in [7, 11) is 0. The lowest BCUT2D eigenvalue weighted by Gasteiger charge is -2.57. The van der Waals surface area contributed by atoms with Crippen LogP contribution in [-0.4, -0.2) is 65.9 Å². The average molecular weight is 445 g/mol. The SMILES string of the molecule is O=C([C@@H]1C[C@H](Sc2ccc(F)cc2)CN1C1C2CC3CC(C2)CC1C3)N1CCOCC1. The quantitative estimate of drug-likeness (QED) is 0.702. The highest BCUT2D eigenvalue weighted by Gasteiger charge is 2.54. The number of benzene rings is 1. The fraction of sp³-hybridized carbons (Fsp3) is 0.720. The fourth-order valence-corrected chi connectivity index (χ4v) is 8.82.